The fourth-order valence-electron chi connectivity index (χ4n) is 4.97. The maximum absolute atomic E-state index is 15.2. The van der Waals surface area contributed by atoms with Gasteiger partial charge in [-0.05, 0) is 30.5 Å². The van der Waals surface area contributed by atoms with Gasteiger partial charge >= 0.3 is 12.2 Å². The van der Waals surface area contributed by atoms with Crippen LogP contribution >= 0.6 is 0 Å². The molecule has 1 aromatic carbocycles. The number of hydrogen-bond acceptors (Lipinski definition) is 5. The van der Waals surface area contributed by atoms with Gasteiger partial charge in [-0.15, -0.1) is 0 Å². The van der Waals surface area contributed by atoms with Crippen molar-refractivity contribution in [3.05, 3.63) is 47.8 Å². The van der Waals surface area contributed by atoms with Crippen molar-refractivity contribution >= 4 is 30.8 Å². The number of ether oxygens (including phenoxy) is 3. The van der Waals surface area contributed by atoms with Crippen molar-refractivity contribution in [1.82, 2.24) is 14.9 Å². The van der Waals surface area contributed by atoms with Crippen LogP contribution in [0.1, 0.15) is 25.3 Å². The molecule has 3 heterocycles. The monoisotopic (exact) mass is 626 g/mol. The molecule has 43 heavy (non-hydrogen) atoms. The van der Waals surface area contributed by atoms with Crippen LogP contribution in [0.4, 0.5) is 32.4 Å². The number of carbonyl (C=O) groups excluding carboxylic acids is 1. The molecule has 1 saturated heterocycles. The van der Waals surface area contributed by atoms with Crippen molar-refractivity contribution in [2.24, 2.45) is 5.41 Å². The Morgan fingerprint density at radius 2 is 1.84 bits per heavy atom. The molecule has 2 N–H and O–H groups in total. The van der Waals surface area contributed by atoms with Gasteiger partial charge in [0.25, 0.3) is 0 Å². The third-order valence-electron chi connectivity index (χ3n) is 7.80. The van der Waals surface area contributed by atoms with Crippen molar-refractivity contribution in [2.45, 2.75) is 63.8 Å². The number of urea groups is 1. The van der Waals surface area contributed by atoms with Crippen LogP contribution in [0.15, 0.2) is 30.6 Å². The largest absolute Gasteiger partial charge is 0.450 e. The summed E-state index contributed by atoms with van der Waals surface area (Å²) in [5, 5.41) is 5.03. The molecule has 0 unspecified atom stereocenters. The molecule has 1 aliphatic heterocycles. The van der Waals surface area contributed by atoms with Crippen molar-refractivity contribution in [3.63, 3.8) is 0 Å². The van der Waals surface area contributed by atoms with Gasteiger partial charge < -0.3 is 29.4 Å². The SMILES string of the molecule is CC1(CNC(=O)Nc2cc(F)c(Oc3ccnc4c3c(C3(C(F)(F)F)CC3)cn4COCC[Si](C)(C)C)c(F)c2)COC1. The number of fused-ring (bicyclic) bond motifs is 1. The summed E-state index contributed by atoms with van der Waals surface area (Å²) in [5.74, 6) is -3.29. The van der Waals surface area contributed by atoms with Gasteiger partial charge in [0.15, 0.2) is 17.4 Å². The maximum Gasteiger partial charge on any atom is 0.398 e. The number of aromatic nitrogens is 2. The Balaban J connectivity index is 1.42. The standard InChI is InChI=1S/C29H35F5N4O4Si/c1-27(15-41-16-27)14-36-26(39)37-18-11-20(30)24(21(31)12-18)42-22-5-8-35-25-23(22)19(28(6-7-28)29(32,33)34)13-38(25)17-40-9-10-43(2,3)4/h5,8,11-13H,6-7,9-10,14-17H2,1-4H3,(H2,36,37,39). The molecular formula is C29H35F5N4O4Si. The van der Waals surface area contributed by atoms with Crippen molar-refractivity contribution < 1.29 is 41.0 Å². The van der Waals surface area contributed by atoms with E-state index >= 15 is 8.78 Å². The highest BCUT2D eigenvalue weighted by Crippen LogP contribution is 2.61. The molecule has 0 bridgehead atoms. The number of halogens is 5. The highest BCUT2D eigenvalue weighted by Gasteiger charge is 2.65. The van der Waals surface area contributed by atoms with Crippen LogP contribution in [0.3, 0.4) is 0 Å². The highest BCUT2D eigenvalue weighted by atomic mass is 28.3. The Labute approximate surface area is 246 Å². The van der Waals surface area contributed by atoms with Gasteiger partial charge in [-0.3, -0.25) is 0 Å². The van der Waals surface area contributed by atoms with Gasteiger partial charge in [0.1, 0.15) is 18.1 Å². The van der Waals surface area contributed by atoms with E-state index in [1.165, 1.54) is 23.0 Å². The fourth-order valence-corrected chi connectivity index (χ4v) is 5.72. The van der Waals surface area contributed by atoms with Crippen LogP contribution in [0.2, 0.25) is 25.7 Å². The summed E-state index contributed by atoms with van der Waals surface area (Å²) in [4.78, 5) is 16.5. The number of amides is 2. The van der Waals surface area contributed by atoms with E-state index in [0.717, 1.165) is 18.2 Å². The van der Waals surface area contributed by atoms with Crippen molar-refractivity contribution in [1.29, 1.82) is 0 Å². The van der Waals surface area contributed by atoms with Crippen LogP contribution in [-0.2, 0) is 21.6 Å². The van der Waals surface area contributed by atoms with Crippen LogP contribution in [0.5, 0.6) is 11.5 Å². The van der Waals surface area contributed by atoms with E-state index in [1.807, 2.05) is 6.92 Å². The molecule has 8 nitrogen and oxygen atoms in total. The van der Waals surface area contributed by atoms with Gasteiger partial charge in [-0.25, -0.2) is 18.6 Å². The van der Waals surface area contributed by atoms with Gasteiger partial charge in [-0.2, -0.15) is 13.2 Å². The minimum absolute atomic E-state index is 0.0139. The summed E-state index contributed by atoms with van der Waals surface area (Å²) < 4.78 is 91.2. The van der Waals surface area contributed by atoms with E-state index in [4.69, 9.17) is 14.2 Å². The molecule has 2 fully saturated rings. The summed E-state index contributed by atoms with van der Waals surface area (Å²) in [6.45, 7) is 10.2. The van der Waals surface area contributed by atoms with Crippen LogP contribution < -0.4 is 15.4 Å². The van der Waals surface area contributed by atoms with Crippen LogP contribution in [0, 0.1) is 17.0 Å². The predicted octanol–water partition coefficient (Wildman–Crippen LogP) is 7.17. The summed E-state index contributed by atoms with van der Waals surface area (Å²) >= 11 is 0. The molecular weight excluding hydrogens is 591 g/mol. The normalized spacial score (nSPS) is 17.4. The molecule has 234 valence electrons. The smallest absolute Gasteiger partial charge is 0.398 e. The summed E-state index contributed by atoms with van der Waals surface area (Å²) in [5.41, 5.74) is -2.40. The van der Waals surface area contributed by atoms with Gasteiger partial charge in [0, 0.05) is 56.9 Å². The molecule has 2 aromatic heterocycles. The second-order valence-corrected chi connectivity index (χ2v) is 18.6. The lowest BCUT2D eigenvalue weighted by atomic mass is 9.89. The first-order chi connectivity index (χ1) is 20.1. The number of carbonyl (C=O) groups is 1. The minimum Gasteiger partial charge on any atom is -0.450 e. The molecule has 2 amide bonds. The Bertz CT molecular complexity index is 1490. The Morgan fingerprint density at radius 3 is 2.40 bits per heavy atom. The summed E-state index contributed by atoms with van der Waals surface area (Å²) in [6, 6.07) is 3.24. The number of nitrogens with one attached hydrogen (secondary N) is 2. The van der Waals surface area contributed by atoms with E-state index < -0.39 is 43.1 Å². The number of benzene rings is 1. The number of alkyl halides is 3. The zero-order chi connectivity index (χ0) is 31.2. The molecule has 0 radical (unpaired) electrons. The first-order valence-electron chi connectivity index (χ1n) is 14.0. The number of nitrogens with zero attached hydrogens (tertiary/aromatic N) is 2. The molecule has 0 atom stereocenters. The van der Waals surface area contributed by atoms with E-state index in [0.29, 0.717) is 26.4 Å². The average Bonchev–Trinajstić information content (AvgIpc) is 3.63. The molecule has 0 spiro atoms. The Morgan fingerprint density at radius 1 is 1.16 bits per heavy atom. The summed E-state index contributed by atoms with van der Waals surface area (Å²) in [6.07, 6.45) is -2.15. The van der Waals surface area contributed by atoms with Crippen molar-refractivity contribution in [2.75, 3.05) is 31.7 Å². The highest BCUT2D eigenvalue weighted by molar-refractivity contribution is 6.76. The number of rotatable bonds is 11. The lowest BCUT2D eigenvalue weighted by Gasteiger charge is -2.37. The Hall–Kier alpha value is -3.23. The van der Waals surface area contributed by atoms with E-state index in [9.17, 15) is 18.0 Å². The number of pyridine rings is 1. The second kappa shape index (κ2) is 11.4. The van der Waals surface area contributed by atoms with Gasteiger partial charge in [0.05, 0.1) is 24.0 Å². The average molecular weight is 627 g/mol. The third kappa shape index (κ3) is 6.65. The van der Waals surface area contributed by atoms with Crippen LogP contribution in [0.25, 0.3) is 11.0 Å². The fraction of sp³-hybridized carbons (Fsp3) is 0.517. The van der Waals surface area contributed by atoms with Crippen molar-refractivity contribution in [3.8, 4) is 11.5 Å². The lowest BCUT2D eigenvalue weighted by molar-refractivity contribution is -0.160. The van der Waals surface area contributed by atoms with Gasteiger partial charge in [-0.1, -0.05) is 26.6 Å². The van der Waals surface area contributed by atoms with E-state index in [1.54, 1.807) is 0 Å². The first-order valence-corrected chi connectivity index (χ1v) is 17.7. The Kier molecular flexibility index (Phi) is 8.24. The zero-order valence-electron chi connectivity index (χ0n) is 24.5. The van der Waals surface area contributed by atoms with E-state index in [2.05, 4.69) is 35.3 Å². The first kappa shape index (κ1) is 31.2. The third-order valence-corrected chi connectivity index (χ3v) is 9.50. The predicted molar refractivity (Wildman–Crippen MR) is 153 cm³/mol. The lowest BCUT2D eigenvalue weighted by Crippen LogP contribution is -2.49. The maximum atomic E-state index is 15.2. The molecule has 1 aliphatic carbocycles. The molecule has 1 saturated carbocycles. The number of anilines is 1. The van der Waals surface area contributed by atoms with E-state index in [-0.39, 0.29) is 53.0 Å². The topological polar surface area (TPSA) is 86.6 Å². The number of hydrogen-bond donors (Lipinski definition) is 2. The van der Waals surface area contributed by atoms with Gasteiger partial charge in [0.2, 0.25) is 0 Å². The van der Waals surface area contributed by atoms with Crippen LogP contribution in [-0.4, -0.2) is 56.2 Å². The second-order valence-electron chi connectivity index (χ2n) is 12.9. The molecule has 3 aromatic rings. The molecule has 14 heteroatoms. The minimum atomic E-state index is -4.55. The molecule has 2 aliphatic rings. The zero-order valence-corrected chi connectivity index (χ0v) is 25.5. The quantitative estimate of drug-likeness (QED) is 0.134. The summed E-state index contributed by atoms with van der Waals surface area (Å²) in [7, 11) is -1.40. The molecule has 5 rings (SSSR count).